The Balaban J connectivity index is 1.80. The molecule has 2 aromatic rings. The smallest absolute Gasteiger partial charge is 0.302 e. The summed E-state index contributed by atoms with van der Waals surface area (Å²) in [6, 6.07) is 5.32. The Hall–Kier alpha value is -3.17. The third kappa shape index (κ3) is 5.80. The number of aliphatic hydroxyl groups excluding tert-OH is 1. The van der Waals surface area contributed by atoms with Gasteiger partial charge in [0.2, 0.25) is 0 Å². The van der Waals surface area contributed by atoms with Crippen molar-refractivity contribution in [2.45, 2.75) is 46.8 Å². The van der Waals surface area contributed by atoms with Gasteiger partial charge in [0.1, 0.15) is 12.8 Å². The molecular weight excluding hydrogens is 424 g/mol. The number of amides is 1. The fourth-order valence-electron chi connectivity index (χ4n) is 4.24. The largest absolute Gasteiger partial charge is 0.462 e. The second-order valence-corrected chi connectivity index (χ2v) is 9.24. The van der Waals surface area contributed by atoms with Crippen molar-refractivity contribution >= 4 is 23.3 Å². The number of carbonyl (C=O) groups excluding carboxylic acids is 3. The van der Waals surface area contributed by atoms with Gasteiger partial charge in [-0.2, -0.15) is 0 Å². The molecule has 1 heterocycles. The number of hydrogen-bond donors (Lipinski definition) is 4. The van der Waals surface area contributed by atoms with Crippen molar-refractivity contribution in [1.29, 1.82) is 0 Å². The van der Waals surface area contributed by atoms with Crippen molar-refractivity contribution in [2.75, 3.05) is 25.0 Å². The van der Waals surface area contributed by atoms with Crippen LogP contribution in [0.2, 0.25) is 0 Å². The Morgan fingerprint density at radius 2 is 2.00 bits per heavy atom. The van der Waals surface area contributed by atoms with E-state index < -0.39 is 18.1 Å². The third-order valence-corrected chi connectivity index (χ3v) is 5.67. The van der Waals surface area contributed by atoms with E-state index in [-0.39, 0.29) is 17.8 Å². The van der Waals surface area contributed by atoms with Gasteiger partial charge in [0.15, 0.2) is 5.78 Å². The Bertz CT molecular complexity index is 1070. The Morgan fingerprint density at radius 1 is 1.27 bits per heavy atom. The molecule has 9 nitrogen and oxygen atoms in total. The number of esters is 1. The summed E-state index contributed by atoms with van der Waals surface area (Å²) in [7, 11) is 0. The van der Waals surface area contributed by atoms with E-state index in [1.165, 1.54) is 6.92 Å². The number of rotatable bonds is 9. The highest BCUT2D eigenvalue weighted by atomic mass is 16.5. The number of nitrogens with zero attached hydrogens (tertiary/aromatic N) is 1. The first kappa shape index (κ1) is 24.5. The van der Waals surface area contributed by atoms with E-state index in [9.17, 15) is 19.5 Å². The molecule has 0 saturated heterocycles. The molecule has 0 radical (unpaired) electrons. The topological polar surface area (TPSA) is 136 Å². The highest BCUT2D eigenvalue weighted by Gasteiger charge is 2.34. The molecule has 1 aromatic carbocycles. The van der Waals surface area contributed by atoms with Crippen LogP contribution in [0.5, 0.6) is 0 Å². The number of primary amides is 1. The highest BCUT2D eigenvalue weighted by molar-refractivity contribution is 6.01. The zero-order chi connectivity index (χ0) is 24.3. The molecule has 9 heteroatoms. The summed E-state index contributed by atoms with van der Waals surface area (Å²) in [5.74, 6) is -0.874. The van der Waals surface area contributed by atoms with Crippen LogP contribution < -0.4 is 16.4 Å². The van der Waals surface area contributed by atoms with E-state index >= 15 is 0 Å². The van der Waals surface area contributed by atoms with E-state index in [1.54, 1.807) is 6.07 Å². The van der Waals surface area contributed by atoms with E-state index in [1.807, 2.05) is 29.8 Å². The average Bonchev–Trinajstić information content (AvgIpc) is 3.04. The first-order chi connectivity index (χ1) is 15.5. The van der Waals surface area contributed by atoms with Crippen LogP contribution in [0.15, 0.2) is 24.4 Å². The maximum absolute atomic E-state index is 12.7. The van der Waals surface area contributed by atoms with Gasteiger partial charge >= 0.3 is 5.97 Å². The van der Waals surface area contributed by atoms with Crippen molar-refractivity contribution in [3.63, 3.8) is 0 Å². The number of carbonyl (C=O) groups is 3. The molecule has 1 unspecified atom stereocenters. The minimum atomic E-state index is -0.993. The minimum absolute atomic E-state index is 0.126. The zero-order valence-electron chi connectivity index (χ0n) is 19.5. The summed E-state index contributed by atoms with van der Waals surface area (Å²) >= 11 is 0. The van der Waals surface area contributed by atoms with Crippen LogP contribution in [0.4, 0.5) is 5.69 Å². The lowest BCUT2D eigenvalue weighted by Gasteiger charge is -2.30. The van der Waals surface area contributed by atoms with Crippen molar-refractivity contribution in [2.24, 2.45) is 11.1 Å². The molecular formula is C24H32N4O5. The number of aliphatic hydroxyl groups is 1. The number of aryl methyl sites for hydroxylation is 1. The summed E-state index contributed by atoms with van der Waals surface area (Å²) in [5, 5.41) is 15.8. The van der Waals surface area contributed by atoms with Gasteiger partial charge in [0.05, 0.1) is 5.56 Å². The van der Waals surface area contributed by atoms with Crippen molar-refractivity contribution < 1.29 is 24.2 Å². The molecule has 1 amide bonds. The quantitative estimate of drug-likeness (QED) is 0.257. The number of hydrogen-bond acceptors (Lipinski definition) is 7. The lowest BCUT2D eigenvalue weighted by Crippen LogP contribution is -2.36. The number of anilines is 1. The van der Waals surface area contributed by atoms with Gasteiger partial charge in [-0.25, -0.2) is 0 Å². The standard InChI is InChI=1S/C24H32N4O5/c1-14-12-28(19-10-24(3,4)11-20(30)22(14)19)16-5-6-17(23(25)32)18(9-16)26-7-8-27-21(31)13-33-15(2)29/h5-6,9,12,21,26-27,31H,7-8,10-11,13H2,1-4H3,(H2,25,32). The first-order valence-corrected chi connectivity index (χ1v) is 11.0. The van der Waals surface area contributed by atoms with Gasteiger partial charge in [-0.3, -0.25) is 19.7 Å². The predicted molar refractivity (Wildman–Crippen MR) is 125 cm³/mol. The molecule has 3 rings (SSSR count). The second kappa shape index (κ2) is 9.76. The average molecular weight is 457 g/mol. The number of ketones is 1. The van der Waals surface area contributed by atoms with Crippen molar-refractivity contribution in [3.05, 3.63) is 46.8 Å². The summed E-state index contributed by atoms with van der Waals surface area (Å²) in [4.78, 5) is 35.5. The van der Waals surface area contributed by atoms with E-state index in [0.717, 1.165) is 28.9 Å². The Kier molecular flexibility index (Phi) is 7.24. The van der Waals surface area contributed by atoms with Crippen LogP contribution in [-0.2, 0) is 16.0 Å². The number of aromatic nitrogens is 1. The molecule has 0 fully saturated rings. The fraction of sp³-hybridized carbons (Fsp3) is 0.458. The van der Waals surface area contributed by atoms with Gasteiger partial charge in [0, 0.05) is 55.3 Å². The lowest BCUT2D eigenvalue weighted by atomic mass is 9.75. The monoisotopic (exact) mass is 456 g/mol. The zero-order valence-corrected chi connectivity index (χ0v) is 19.5. The van der Waals surface area contributed by atoms with Crippen LogP contribution in [0.25, 0.3) is 5.69 Å². The highest BCUT2D eigenvalue weighted by Crippen LogP contribution is 2.38. The van der Waals surface area contributed by atoms with Crippen LogP contribution in [0.1, 0.15) is 59.2 Å². The Morgan fingerprint density at radius 3 is 2.67 bits per heavy atom. The van der Waals surface area contributed by atoms with E-state index in [2.05, 4.69) is 24.5 Å². The number of nitrogens with two attached hydrogens (primary N) is 1. The Labute approximate surface area is 193 Å². The van der Waals surface area contributed by atoms with E-state index in [4.69, 9.17) is 10.5 Å². The molecule has 1 aliphatic carbocycles. The predicted octanol–water partition coefficient (Wildman–Crippen LogP) is 1.92. The third-order valence-electron chi connectivity index (χ3n) is 5.67. The van der Waals surface area contributed by atoms with Crippen LogP contribution in [0.3, 0.4) is 0 Å². The molecule has 1 aromatic heterocycles. The number of nitrogens with one attached hydrogen (secondary N) is 2. The molecule has 0 saturated carbocycles. The van der Waals surface area contributed by atoms with Crippen LogP contribution in [-0.4, -0.2) is 53.3 Å². The molecule has 178 valence electrons. The van der Waals surface area contributed by atoms with E-state index in [0.29, 0.717) is 30.8 Å². The molecule has 1 atom stereocenters. The summed E-state index contributed by atoms with van der Waals surface area (Å²) in [6.07, 6.45) is 2.26. The fourth-order valence-corrected chi connectivity index (χ4v) is 4.24. The molecule has 5 N–H and O–H groups in total. The maximum Gasteiger partial charge on any atom is 0.302 e. The van der Waals surface area contributed by atoms with Crippen LogP contribution >= 0.6 is 0 Å². The number of ether oxygens (including phenoxy) is 1. The molecule has 0 spiro atoms. The van der Waals surface area contributed by atoms with Crippen molar-refractivity contribution in [3.8, 4) is 5.69 Å². The van der Waals surface area contributed by atoms with Gasteiger partial charge < -0.3 is 25.5 Å². The molecule has 33 heavy (non-hydrogen) atoms. The van der Waals surface area contributed by atoms with Gasteiger partial charge in [-0.15, -0.1) is 0 Å². The van der Waals surface area contributed by atoms with Gasteiger partial charge in [-0.05, 0) is 42.5 Å². The number of benzene rings is 1. The minimum Gasteiger partial charge on any atom is -0.462 e. The van der Waals surface area contributed by atoms with Crippen LogP contribution in [0, 0.1) is 12.3 Å². The molecule has 0 aliphatic heterocycles. The first-order valence-electron chi connectivity index (χ1n) is 11.0. The normalized spacial score (nSPS) is 15.6. The summed E-state index contributed by atoms with van der Waals surface area (Å²) in [5.41, 5.74) is 9.84. The van der Waals surface area contributed by atoms with Gasteiger partial charge in [0.25, 0.3) is 5.91 Å². The second-order valence-electron chi connectivity index (χ2n) is 9.24. The van der Waals surface area contributed by atoms with Gasteiger partial charge in [-0.1, -0.05) is 13.8 Å². The SMILES string of the molecule is CC(=O)OCC(O)NCCNc1cc(-n2cc(C)c3c2CC(C)(C)CC3=O)ccc1C(N)=O. The molecule has 0 bridgehead atoms. The summed E-state index contributed by atoms with van der Waals surface area (Å²) in [6.45, 7) is 7.98. The number of fused-ring (bicyclic) bond motifs is 1. The van der Waals surface area contributed by atoms with Crippen molar-refractivity contribution in [1.82, 2.24) is 9.88 Å². The summed E-state index contributed by atoms with van der Waals surface area (Å²) < 4.78 is 6.76. The lowest BCUT2D eigenvalue weighted by molar-refractivity contribution is -0.144. The maximum atomic E-state index is 12.7. The molecule has 1 aliphatic rings. The number of Topliss-reactive ketones (excluding diaryl/α,β-unsaturated/α-hetero) is 1.